The van der Waals surface area contributed by atoms with Crippen LogP contribution in [0.2, 0.25) is 0 Å². The Morgan fingerprint density at radius 3 is 2.17 bits per heavy atom. The van der Waals surface area contributed by atoms with Crippen molar-refractivity contribution in [3.8, 4) is 0 Å². The number of amides is 5. The molecule has 0 radical (unpaired) electrons. The summed E-state index contributed by atoms with van der Waals surface area (Å²) in [5.41, 5.74) is 0. The number of carbonyl (C=O) groups excluding carboxylic acids is 4. The lowest BCUT2D eigenvalue weighted by Gasteiger charge is -2.28. The fourth-order valence-corrected chi connectivity index (χ4v) is 4.88. The Bertz CT molecular complexity index is 801. The largest absolute Gasteiger partial charge is 0.353 e. The van der Waals surface area contributed by atoms with Gasteiger partial charge < -0.3 is 26.6 Å². The molecule has 1 heterocycles. The molecule has 1 aliphatic heterocycles. The quantitative estimate of drug-likeness (QED) is 0.154. The highest BCUT2D eigenvalue weighted by molar-refractivity contribution is 5.92. The third-order valence-corrected chi connectivity index (χ3v) is 7.93. The number of hydrogen-bond acceptors (Lipinski definition) is 4. The third-order valence-electron chi connectivity index (χ3n) is 7.93. The molecule has 9 heteroatoms. The second-order valence-corrected chi connectivity index (χ2v) is 11.9. The minimum absolute atomic E-state index is 0.0658. The van der Waals surface area contributed by atoms with E-state index in [1.807, 2.05) is 27.7 Å². The van der Waals surface area contributed by atoms with Crippen LogP contribution < -0.4 is 26.6 Å². The summed E-state index contributed by atoms with van der Waals surface area (Å²) >= 11 is 0. The van der Waals surface area contributed by atoms with Crippen molar-refractivity contribution >= 4 is 23.8 Å². The van der Waals surface area contributed by atoms with Gasteiger partial charge in [0.1, 0.15) is 12.1 Å². The maximum absolute atomic E-state index is 13.4. The van der Waals surface area contributed by atoms with Crippen LogP contribution in [0.1, 0.15) is 125 Å². The molecule has 0 aromatic heterocycles. The Kier molecular flexibility index (Phi) is 19.6. The van der Waals surface area contributed by atoms with E-state index in [9.17, 15) is 19.2 Å². The molecule has 2 unspecified atom stereocenters. The summed E-state index contributed by atoms with van der Waals surface area (Å²) in [6, 6.07) is -2.17. The van der Waals surface area contributed by atoms with E-state index in [1.54, 1.807) is 6.08 Å². The number of carbonyl (C=O) groups is 4. The zero-order valence-electron chi connectivity index (χ0n) is 26.5. The van der Waals surface area contributed by atoms with Crippen LogP contribution in [0.4, 0.5) is 4.79 Å². The van der Waals surface area contributed by atoms with Gasteiger partial charge in [0.2, 0.25) is 17.7 Å². The summed E-state index contributed by atoms with van der Waals surface area (Å²) in [6.07, 6.45) is 18.0. The van der Waals surface area contributed by atoms with Crippen LogP contribution in [0.15, 0.2) is 12.2 Å². The van der Waals surface area contributed by atoms with Gasteiger partial charge in [-0.2, -0.15) is 0 Å². The first-order chi connectivity index (χ1) is 19.7. The van der Waals surface area contributed by atoms with Crippen LogP contribution in [-0.2, 0) is 14.4 Å². The van der Waals surface area contributed by atoms with Crippen molar-refractivity contribution < 1.29 is 19.2 Å². The minimum Gasteiger partial charge on any atom is -0.353 e. The standard InChI is InChI=1S/C32H59N5O4/c1-6-8-9-10-11-12-13-14-15-17-23-34-32(41)37-29(25(5)7-2)31(40)36-27-19-16-18-22-33-28(38)21-20-26(24(3)4)35-30(27)39/h20-21,24-27,29H,6-19,22-23H2,1-5H3,(H,33,38)(H,35,39)(H,36,40)(H2,34,37,41)/b21-20+/t25?,26-,27?,29+/m1/s1. The summed E-state index contributed by atoms with van der Waals surface area (Å²) in [6.45, 7) is 11.1. The number of rotatable bonds is 17. The lowest BCUT2D eigenvalue weighted by Crippen LogP contribution is -2.58. The Morgan fingerprint density at radius 2 is 1.56 bits per heavy atom. The van der Waals surface area contributed by atoms with E-state index in [4.69, 9.17) is 0 Å². The molecule has 5 N–H and O–H groups in total. The van der Waals surface area contributed by atoms with Gasteiger partial charge in [0.05, 0.1) is 0 Å². The highest BCUT2D eigenvalue weighted by Crippen LogP contribution is 2.12. The Balaban J connectivity index is 2.61. The van der Waals surface area contributed by atoms with Gasteiger partial charge in [-0.3, -0.25) is 14.4 Å². The summed E-state index contributed by atoms with van der Waals surface area (Å²) in [5, 5.41) is 14.5. The van der Waals surface area contributed by atoms with Crippen molar-refractivity contribution in [1.29, 1.82) is 0 Å². The molecule has 236 valence electrons. The zero-order valence-corrected chi connectivity index (χ0v) is 26.5. The van der Waals surface area contributed by atoms with Crippen molar-refractivity contribution in [3.63, 3.8) is 0 Å². The summed E-state index contributed by atoms with van der Waals surface area (Å²) < 4.78 is 0. The summed E-state index contributed by atoms with van der Waals surface area (Å²) in [5.74, 6) is -0.851. The smallest absolute Gasteiger partial charge is 0.315 e. The lowest BCUT2D eigenvalue weighted by atomic mass is 9.97. The first-order valence-corrected chi connectivity index (χ1v) is 16.3. The molecule has 1 aliphatic rings. The SMILES string of the molecule is CCCCCCCCCCCCNC(=O)N[C@H](C(=O)NC1CCCCNC(=O)/C=C/[C@H](C(C)C)NC1=O)C(C)CC. The minimum atomic E-state index is -0.748. The van der Waals surface area contributed by atoms with Crippen molar-refractivity contribution in [2.45, 2.75) is 143 Å². The molecule has 0 aromatic carbocycles. The van der Waals surface area contributed by atoms with Crippen LogP contribution in [0, 0.1) is 11.8 Å². The topological polar surface area (TPSA) is 128 Å². The van der Waals surface area contributed by atoms with E-state index in [0.717, 1.165) is 12.8 Å². The normalized spacial score (nSPS) is 20.5. The molecule has 5 amide bonds. The van der Waals surface area contributed by atoms with Gasteiger partial charge in [0.25, 0.3) is 0 Å². The van der Waals surface area contributed by atoms with Gasteiger partial charge in [-0.1, -0.05) is 105 Å². The first-order valence-electron chi connectivity index (χ1n) is 16.3. The second-order valence-electron chi connectivity index (χ2n) is 11.9. The average molecular weight is 578 g/mol. The first kappa shape index (κ1) is 36.4. The van der Waals surface area contributed by atoms with E-state index in [-0.39, 0.29) is 41.6 Å². The van der Waals surface area contributed by atoms with Gasteiger partial charge in [-0.05, 0) is 37.5 Å². The van der Waals surface area contributed by atoms with E-state index < -0.39 is 12.1 Å². The summed E-state index contributed by atoms with van der Waals surface area (Å²) in [4.78, 5) is 51.2. The molecule has 41 heavy (non-hydrogen) atoms. The molecule has 0 aromatic rings. The predicted molar refractivity (Wildman–Crippen MR) is 166 cm³/mol. The zero-order chi connectivity index (χ0) is 30.5. The van der Waals surface area contributed by atoms with Crippen LogP contribution >= 0.6 is 0 Å². The van der Waals surface area contributed by atoms with Crippen LogP contribution in [-0.4, -0.2) is 55.0 Å². The molecule has 4 atom stereocenters. The fourth-order valence-electron chi connectivity index (χ4n) is 4.88. The van der Waals surface area contributed by atoms with E-state index in [2.05, 4.69) is 33.5 Å². The number of nitrogens with one attached hydrogen (secondary N) is 5. The Morgan fingerprint density at radius 1 is 0.927 bits per heavy atom. The molecule has 0 aliphatic carbocycles. The second kappa shape index (κ2) is 22.1. The van der Waals surface area contributed by atoms with E-state index in [0.29, 0.717) is 38.8 Å². The molecule has 0 spiro atoms. The highest BCUT2D eigenvalue weighted by Gasteiger charge is 2.30. The molecule has 0 saturated heterocycles. The summed E-state index contributed by atoms with van der Waals surface area (Å²) in [7, 11) is 0. The molecule has 0 saturated carbocycles. The monoisotopic (exact) mass is 577 g/mol. The fraction of sp³-hybridized carbons (Fsp3) is 0.812. The number of unbranched alkanes of at least 4 members (excludes halogenated alkanes) is 9. The van der Waals surface area contributed by atoms with E-state index in [1.165, 1.54) is 57.4 Å². The van der Waals surface area contributed by atoms with Crippen molar-refractivity contribution in [1.82, 2.24) is 26.6 Å². The Labute approximate surface area is 249 Å². The van der Waals surface area contributed by atoms with Crippen LogP contribution in [0.25, 0.3) is 0 Å². The highest BCUT2D eigenvalue weighted by atomic mass is 16.2. The van der Waals surface area contributed by atoms with E-state index >= 15 is 0 Å². The number of hydrogen-bond donors (Lipinski definition) is 5. The van der Waals surface area contributed by atoms with Gasteiger partial charge in [0.15, 0.2) is 0 Å². The molecular weight excluding hydrogens is 518 g/mol. The average Bonchev–Trinajstić information content (AvgIpc) is 2.94. The molecular formula is C32H59N5O4. The maximum atomic E-state index is 13.4. The van der Waals surface area contributed by atoms with Crippen LogP contribution in [0.3, 0.4) is 0 Å². The molecule has 0 bridgehead atoms. The third kappa shape index (κ3) is 16.5. The molecule has 9 nitrogen and oxygen atoms in total. The van der Waals surface area contributed by atoms with Gasteiger partial charge in [0, 0.05) is 25.2 Å². The Hall–Kier alpha value is -2.58. The van der Waals surface area contributed by atoms with Crippen molar-refractivity contribution in [3.05, 3.63) is 12.2 Å². The van der Waals surface area contributed by atoms with Gasteiger partial charge >= 0.3 is 6.03 Å². The lowest BCUT2D eigenvalue weighted by molar-refractivity contribution is -0.131. The van der Waals surface area contributed by atoms with Crippen molar-refractivity contribution in [2.75, 3.05) is 13.1 Å². The predicted octanol–water partition coefficient (Wildman–Crippen LogP) is 5.10. The van der Waals surface area contributed by atoms with Crippen molar-refractivity contribution in [2.24, 2.45) is 11.8 Å². The molecule has 1 rings (SSSR count). The maximum Gasteiger partial charge on any atom is 0.315 e. The molecule has 0 fully saturated rings. The van der Waals surface area contributed by atoms with Gasteiger partial charge in [-0.25, -0.2) is 4.79 Å². The van der Waals surface area contributed by atoms with Crippen LogP contribution in [0.5, 0.6) is 0 Å². The number of urea groups is 1. The van der Waals surface area contributed by atoms with Gasteiger partial charge in [-0.15, -0.1) is 0 Å².